The molecule has 1 atom stereocenters. The summed E-state index contributed by atoms with van der Waals surface area (Å²) in [5.74, 6) is 7.29. The lowest BCUT2D eigenvalue weighted by Gasteiger charge is -2.14. The van der Waals surface area contributed by atoms with Crippen molar-refractivity contribution in [2.24, 2.45) is 5.73 Å². The maximum absolute atomic E-state index is 11.4. The van der Waals surface area contributed by atoms with Crippen LogP contribution in [-0.4, -0.2) is 26.0 Å². The molecule has 25 heavy (non-hydrogen) atoms. The average Bonchev–Trinajstić information content (AvgIpc) is 2.90. The molecule has 0 bridgehead atoms. The Morgan fingerprint density at radius 2 is 2.08 bits per heavy atom. The number of nitrogens with two attached hydrogens (primary N) is 2. The van der Waals surface area contributed by atoms with E-state index in [-0.39, 0.29) is 11.9 Å². The number of nitrogen functional groups attached to an aromatic ring is 1. The number of amides is 1. The monoisotopic (exact) mass is 363 g/mol. The third-order valence-electron chi connectivity index (χ3n) is 3.82. The third kappa shape index (κ3) is 4.66. The maximum atomic E-state index is 11.4. The molecule has 2 rings (SSSR count). The van der Waals surface area contributed by atoms with Gasteiger partial charge in [-0.2, -0.15) is 0 Å². The number of nitrogens with zero attached hydrogens (tertiary/aromatic N) is 3. The highest BCUT2D eigenvalue weighted by molar-refractivity contribution is 8.00. The number of aromatic nitrogens is 3. The fourth-order valence-electron chi connectivity index (χ4n) is 2.34. The van der Waals surface area contributed by atoms with E-state index in [1.165, 1.54) is 16.4 Å². The lowest BCUT2D eigenvalue weighted by molar-refractivity contribution is -0.117. The van der Waals surface area contributed by atoms with Crippen LogP contribution in [0.5, 0.6) is 5.75 Å². The lowest BCUT2D eigenvalue weighted by Crippen LogP contribution is -2.26. The summed E-state index contributed by atoms with van der Waals surface area (Å²) in [5, 5.41) is 8.16. The molecule has 0 saturated heterocycles. The van der Waals surface area contributed by atoms with Crippen molar-refractivity contribution in [3.63, 3.8) is 0 Å². The van der Waals surface area contributed by atoms with Crippen molar-refractivity contribution in [2.75, 3.05) is 5.84 Å². The Labute approximate surface area is 152 Å². The van der Waals surface area contributed by atoms with Gasteiger partial charge < -0.3 is 16.3 Å². The van der Waals surface area contributed by atoms with Crippen molar-refractivity contribution in [3.05, 3.63) is 35.2 Å². The molecule has 0 aliphatic carbocycles. The number of hydrogen-bond donors (Lipinski definition) is 2. The van der Waals surface area contributed by atoms with Crippen molar-refractivity contribution < 1.29 is 9.53 Å². The first kappa shape index (κ1) is 19.1. The van der Waals surface area contributed by atoms with Crippen LogP contribution < -0.4 is 16.3 Å². The molecule has 1 aromatic carbocycles. The molecular weight excluding hydrogens is 338 g/mol. The molecule has 4 N–H and O–H groups in total. The Morgan fingerprint density at radius 3 is 2.68 bits per heavy atom. The minimum absolute atomic E-state index is 0.195. The van der Waals surface area contributed by atoms with Gasteiger partial charge >= 0.3 is 0 Å². The van der Waals surface area contributed by atoms with Gasteiger partial charge in [0, 0.05) is 0 Å². The summed E-state index contributed by atoms with van der Waals surface area (Å²) in [7, 11) is 0. The molecule has 1 unspecified atom stereocenters. The van der Waals surface area contributed by atoms with Crippen LogP contribution in [0.15, 0.2) is 23.4 Å². The van der Waals surface area contributed by atoms with E-state index >= 15 is 0 Å². The van der Waals surface area contributed by atoms with E-state index in [4.69, 9.17) is 16.3 Å². The number of carbonyl (C=O) groups is 1. The summed E-state index contributed by atoms with van der Waals surface area (Å²) in [5.41, 5.74) is 7.61. The highest BCUT2D eigenvalue weighted by atomic mass is 32.2. The third-order valence-corrected chi connectivity index (χ3v) is 5.16. The van der Waals surface area contributed by atoms with Gasteiger partial charge in [0.25, 0.3) is 0 Å². The van der Waals surface area contributed by atoms with Crippen molar-refractivity contribution >= 4 is 17.7 Å². The molecule has 8 heteroatoms. The number of rotatable bonds is 8. The molecule has 0 fully saturated rings. The van der Waals surface area contributed by atoms with E-state index in [1.807, 2.05) is 19.9 Å². The first-order chi connectivity index (χ1) is 11.8. The Balaban J connectivity index is 2.13. The molecule has 0 spiro atoms. The Bertz CT molecular complexity index is 745. The number of benzene rings is 1. The van der Waals surface area contributed by atoms with Gasteiger partial charge in [0.15, 0.2) is 5.82 Å². The molecule has 0 radical (unpaired) electrons. The lowest BCUT2D eigenvalue weighted by atomic mass is 10.0. The smallest absolute Gasteiger partial charge is 0.231 e. The van der Waals surface area contributed by atoms with E-state index in [0.29, 0.717) is 23.3 Å². The molecule has 0 aliphatic heterocycles. The molecule has 1 heterocycles. The van der Waals surface area contributed by atoms with Gasteiger partial charge in [-0.15, -0.1) is 10.2 Å². The second-order valence-electron chi connectivity index (χ2n) is 6.17. The summed E-state index contributed by atoms with van der Waals surface area (Å²) < 4.78 is 7.28. The zero-order valence-electron chi connectivity index (χ0n) is 15.0. The topological polar surface area (TPSA) is 109 Å². The summed E-state index contributed by atoms with van der Waals surface area (Å²) in [6.45, 7) is 8.33. The Kier molecular flexibility index (Phi) is 6.30. The van der Waals surface area contributed by atoms with Crippen molar-refractivity contribution in [1.29, 1.82) is 0 Å². The fraction of sp³-hybridized carbons (Fsp3) is 0.471. The minimum Gasteiger partial charge on any atom is -0.485 e. The highest BCUT2D eigenvalue weighted by Gasteiger charge is 2.20. The molecule has 7 nitrogen and oxygen atoms in total. The first-order valence-electron chi connectivity index (χ1n) is 8.22. The standard InChI is InChI=1S/C17H25N5O2S/c1-5-14(16(18)23)25-17-21-20-15(22(17)19)9-24-13-8-11(4)6-7-12(13)10(2)3/h6-8,10,14H,5,9,19H2,1-4H3,(H2,18,23). The Morgan fingerprint density at radius 1 is 1.36 bits per heavy atom. The zero-order valence-corrected chi connectivity index (χ0v) is 15.8. The number of ether oxygens (including phenoxy) is 1. The van der Waals surface area contributed by atoms with Crippen LogP contribution in [0, 0.1) is 6.92 Å². The van der Waals surface area contributed by atoms with Crippen LogP contribution in [0.3, 0.4) is 0 Å². The van der Waals surface area contributed by atoms with Crippen molar-refractivity contribution in [3.8, 4) is 5.75 Å². The predicted molar refractivity (Wildman–Crippen MR) is 98.9 cm³/mol. The number of aryl methyl sites for hydroxylation is 1. The molecule has 2 aromatic rings. The van der Waals surface area contributed by atoms with Gasteiger partial charge in [-0.3, -0.25) is 4.79 Å². The fourth-order valence-corrected chi connectivity index (χ4v) is 3.19. The quantitative estimate of drug-likeness (QED) is 0.550. The first-order valence-corrected chi connectivity index (χ1v) is 9.10. The highest BCUT2D eigenvalue weighted by Crippen LogP contribution is 2.28. The van der Waals surface area contributed by atoms with Gasteiger partial charge in [-0.05, 0) is 36.5 Å². The van der Waals surface area contributed by atoms with Gasteiger partial charge in [0.2, 0.25) is 11.1 Å². The molecule has 1 amide bonds. The van der Waals surface area contributed by atoms with E-state index in [1.54, 1.807) is 0 Å². The van der Waals surface area contributed by atoms with Crippen molar-refractivity contribution in [1.82, 2.24) is 14.9 Å². The minimum atomic E-state index is -0.394. The second kappa shape index (κ2) is 8.24. The predicted octanol–water partition coefficient (Wildman–Crippen LogP) is 2.36. The van der Waals surface area contributed by atoms with Crippen LogP contribution in [-0.2, 0) is 11.4 Å². The van der Waals surface area contributed by atoms with Gasteiger partial charge in [0.1, 0.15) is 12.4 Å². The summed E-state index contributed by atoms with van der Waals surface area (Å²) in [4.78, 5) is 11.4. The summed E-state index contributed by atoms with van der Waals surface area (Å²) in [6, 6.07) is 6.14. The summed E-state index contributed by atoms with van der Waals surface area (Å²) in [6.07, 6.45) is 0.597. The molecule has 0 saturated carbocycles. The van der Waals surface area contributed by atoms with Crippen LogP contribution in [0.1, 0.15) is 50.1 Å². The van der Waals surface area contributed by atoms with Crippen LogP contribution in [0.4, 0.5) is 0 Å². The van der Waals surface area contributed by atoms with E-state index < -0.39 is 5.91 Å². The molecule has 136 valence electrons. The average molecular weight is 363 g/mol. The SMILES string of the molecule is CCC(Sc1nnc(COc2cc(C)ccc2C(C)C)n1N)C(N)=O. The van der Waals surface area contributed by atoms with Gasteiger partial charge in [-0.1, -0.05) is 44.7 Å². The normalized spacial score (nSPS) is 12.4. The van der Waals surface area contributed by atoms with Crippen LogP contribution >= 0.6 is 11.8 Å². The van der Waals surface area contributed by atoms with Gasteiger partial charge in [0.05, 0.1) is 5.25 Å². The molecular formula is C17H25N5O2S. The van der Waals surface area contributed by atoms with Gasteiger partial charge in [-0.25, -0.2) is 4.68 Å². The summed E-state index contributed by atoms with van der Waals surface area (Å²) >= 11 is 1.21. The number of hydrogen-bond acceptors (Lipinski definition) is 6. The van der Waals surface area contributed by atoms with Crippen LogP contribution in [0.25, 0.3) is 0 Å². The number of carbonyl (C=O) groups excluding carboxylic acids is 1. The second-order valence-corrected chi connectivity index (χ2v) is 7.34. The number of primary amides is 1. The largest absolute Gasteiger partial charge is 0.485 e. The van der Waals surface area contributed by atoms with Crippen LogP contribution in [0.2, 0.25) is 0 Å². The Hall–Kier alpha value is -2.22. The van der Waals surface area contributed by atoms with E-state index in [9.17, 15) is 4.79 Å². The van der Waals surface area contributed by atoms with E-state index in [0.717, 1.165) is 16.9 Å². The molecule has 1 aromatic heterocycles. The molecule has 0 aliphatic rings. The van der Waals surface area contributed by atoms with Crippen molar-refractivity contribution in [2.45, 2.75) is 57.0 Å². The number of thioether (sulfide) groups is 1. The maximum Gasteiger partial charge on any atom is 0.231 e. The van der Waals surface area contributed by atoms with E-state index in [2.05, 4.69) is 36.2 Å². The zero-order chi connectivity index (χ0) is 18.6.